The fourth-order valence-electron chi connectivity index (χ4n) is 11.4. The van der Waals surface area contributed by atoms with E-state index in [9.17, 15) is 26.5 Å². The largest absolute Gasteiger partial charge is 0.481 e. The molecule has 97 heavy (non-hydrogen) atoms. The topological polar surface area (TPSA) is 283 Å². The van der Waals surface area contributed by atoms with E-state index in [4.69, 9.17) is 92.1 Å². The summed E-state index contributed by atoms with van der Waals surface area (Å²) in [5.41, 5.74) is 4.29. The molecule has 0 bridgehead atoms. The number of hydrogen-bond acceptors (Lipinski definition) is 22. The standard InChI is InChI=1S/C69H100N2O23S3/c1-68(20-25-83-36-41-91-48-45-87-32-29-79-3)63(70(22-27-86-39-44-94-52-51-90-40-35-82-24-19-65(72)73)61-17-11-55-53-57(96(74,75)76)13-15-59(55)66(61)68)9-7-6-8-10-64-69(2,21-26-84-37-42-92-49-46-88-33-30-80-4)67-60-16-14-58(97(77,78)95)54-56(60)12-18-62(67)71(64)23-28-85-38-43-93-50-47-89-34-31-81-5/h6-18,53-54H,19-52H2,1-5H3,(H2-,72,73,74,75,76,77,78,95)/p+1. The Bertz CT molecular complexity index is 3370. The Morgan fingerprint density at radius 2 is 0.897 bits per heavy atom. The highest BCUT2D eigenvalue weighted by atomic mass is 32.8. The van der Waals surface area contributed by atoms with E-state index in [0.717, 1.165) is 50.1 Å². The summed E-state index contributed by atoms with van der Waals surface area (Å²) in [6.45, 7) is 16.2. The summed E-state index contributed by atoms with van der Waals surface area (Å²) in [6.07, 6.45) is 11.2. The van der Waals surface area contributed by atoms with Gasteiger partial charge in [0.2, 0.25) is 5.69 Å². The van der Waals surface area contributed by atoms with Gasteiger partial charge in [0.15, 0.2) is 21.0 Å². The molecule has 0 amide bonds. The Morgan fingerprint density at radius 1 is 0.485 bits per heavy atom. The van der Waals surface area contributed by atoms with E-state index in [1.165, 1.54) is 12.1 Å². The molecule has 0 aliphatic carbocycles. The lowest BCUT2D eigenvalue weighted by Gasteiger charge is -2.31. The summed E-state index contributed by atoms with van der Waals surface area (Å²) >= 11 is 5.04. The van der Waals surface area contributed by atoms with Gasteiger partial charge in [-0.25, -0.2) is 4.21 Å². The van der Waals surface area contributed by atoms with Crippen molar-refractivity contribution in [1.82, 2.24) is 0 Å². The lowest BCUT2D eigenvalue weighted by atomic mass is 9.75. The monoisotopic (exact) mass is 1420 g/mol. The number of hydrogen-bond donors (Lipinski definition) is 3. The van der Waals surface area contributed by atoms with Crippen LogP contribution in [0.4, 0.5) is 11.4 Å². The van der Waals surface area contributed by atoms with Gasteiger partial charge in [0.05, 0.1) is 193 Å². The van der Waals surface area contributed by atoms with Crippen molar-refractivity contribution in [1.29, 1.82) is 0 Å². The minimum absolute atomic E-state index is 0.0703. The van der Waals surface area contributed by atoms with Crippen LogP contribution in [0, 0.1) is 0 Å². The van der Waals surface area contributed by atoms with Crippen LogP contribution < -0.4 is 4.90 Å². The van der Waals surface area contributed by atoms with Crippen molar-refractivity contribution < 1.29 is 112 Å². The molecule has 6 rings (SSSR count). The quantitative estimate of drug-likeness (QED) is 0.0168. The molecule has 25 nitrogen and oxygen atoms in total. The molecule has 0 spiro atoms. The van der Waals surface area contributed by atoms with Crippen LogP contribution in [-0.4, -0.2) is 269 Å². The van der Waals surface area contributed by atoms with E-state index in [2.05, 4.69) is 35.5 Å². The van der Waals surface area contributed by atoms with E-state index in [-0.39, 0.29) is 29.4 Å². The van der Waals surface area contributed by atoms with Crippen molar-refractivity contribution in [2.45, 2.75) is 53.7 Å². The van der Waals surface area contributed by atoms with Gasteiger partial charge < -0.3 is 90.3 Å². The first-order chi connectivity index (χ1) is 47.0. The molecule has 0 fully saturated rings. The molecule has 0 radical (unpaired) electrons. The zero-order valence-electron chi connectivity index (χ0n) is 56.8. The molecule has 542 valence electrons. The number of benzene rings is 4. The Balaban J connectivity index is 1.32. The highest BCUT2D eigenvalue weighted by Gasteiger charge is 2.49. The third-order valence-electron chi connectivity index (χ3n) is 16.2. The maximum absolute atomic E-state index is 12.8. The molecule has 28 heteroatoms. The van der Waals surface area contributed by atoms with Crippen molar-refractivity contribution in [2.24, 2.45) is 0 Å². The Hall–Kier alpha value is -4.84. The van der Waals surface area contributed by atoms with Gasteiger partial charge in [0.25, 0.3) is 10.1 Å². The lowest BCUT2D eigenvalue weighted by Crippen LogP contribution is -2.33. The second-order valence-electron chi connectivity index (χ2n) is 22.9. The maximum Gasteiger partial charge on any atom is 0.305 e. The SMILES string of the molecule is COCCOCCOCCOCC[N+]1=C(/C=C/C=C/C=C2/N(CCOCCOCCOCCOCCC(=O)O)c3ccc4cc(S(=O)(=O)O)ccc4c3C2(C)CCOCCOCCOCCOC)C(C)(CCOCCOCCOCCOC)c2c1ccc1cc(S(=O)(O)=S)ccc21. The molecule has 0 saturated heterocycles. The zero-order valence-corrected chi connectivity index (χ0v) is 59.3. The van der Waals surface area contributed by atoms with Crippen LogP contribution in [0.2, 0.25) is 0 Å². The highest BCUT2D eigenvalue weighted by molar-refractivity contribution is 8.29. The van der Waals surface area contributed by atoms with Crippen LogP contribution >= 0.6 is 0 Å². The van der Waals surface area contributed by atoms with E-state index >= 15 is 0 Å². The molecule has 0 aromatic heterocycles. The van der Waals surface area contributed by atoms with Gasteiger partial charge in [-0.1, -0.05) is 36.4 Å². The van der Waals surface area contributed by atoms with Gasteiger partial charge in [-0.3, -0.25) is 9.35 Å². The van der Waals surface area contributed by atoms with E-state index in [1.54, 1.807) is 39.5 Å². The molecule has 2 aliphatic heterocycles. The molecule has 3 atom stereocenters. The lowest BCUT2D eigenvalue weighted by molar-refractivity contribution is -0.442. The first-order valence-electron chi connectivity index (χ1n) is 32.8. The molecule has 0 saturated carbocycles. The number of nitrogens with zero attached hydrogens (tertiary/aromatic N) is 2. The number of carboxylic acid groups (broad SMARTS) is 1. The van der Waals surface area contributed by atoms with Crippen LogP contribution in [0.5, 0.6) is 0 Å². The van der Waals surface area contributed by atoms with E-state index < -0.39 is 35.7 Å². The zero-order chi connectivity index (χ0) is 69.6. The van der Waals surface area contributed by atoms with E-state index in [0.29, 0.717) is 210 Å². The summed E-state index contributed by atoms with van der Waals surface area (Å²) in [7, 11) is -3.33. The average Bonchev–Trinajstić information content (AvgIpc) is 1.59. The molecule has 4 aromatic carbocycles. The molecule has 2 aliphatic rings. The van der Waals surface area contributed by atoms with Crippen molar-refractivity contribution >= 4 is 74.7 Å². The number of allylic oxidation sites excluding steroid dienone is 6. The van der Waals surface area contributed by atoms with Gasteiger partial charge in [-0.2, -0.15) is 13.0 Å². The number of carboxylic acids is 1. The Morgan fingerprint density at radius 3 is 1.37 bits per heavy atom. The van der Waals surface area contributed by atoms with Gasteiger partial charge in [0, 0.05) is 86.8 Å². The molecular formula is C69H101N2O23S3+. The van der Waals surface area contributed by atoms with Gasteiger partial charge >= 0.3 is 5.97 Å². The van der Waals surface area contributed by atoms with Gasteiger partial charge in [-0.15, -0.1) is 0 Å². The fourth-order valence-corrected chi connectivity index (χ4v) is 12.7. The summed E-state index contributed by atoms with van der Waals surface area (Å²) in [6, 6.07) is 17.7. The first kappa shape index (κ1) is 81.1. The summed E-state index contributed by atoms with van der Waals surface area (Å²) in [5, 5.41) is 11.9. The van der Waals surface area contributed by atoms with Crippen LogP contribution in [0.25, 0.3) is 21.5 Å². The summed E-state index contributed by atoms with van der Waals surface area (Å²) in [5.74, 6) is -0.921. The van der Waals surface area contributed by atoms with Crippen LogP contribution in [0.3, 0.4) is 0 Å². The van der Waals surface area contributed by atoms with Crippen LogP contribution in [-0.2, 0) is 121 Å². The second-order valence-corrected chi connectivity index (χ2v) is 27.1. The minimum Gasteiger partial charge on any atom is -0.481 e. The number of fused-ring (bicyclic) bond motifs is 6. The number of rotatable bonds is 56. The summed E-state index contributed by atoms with van der Waals surface area (Å²) < 4.78 is 152. The van der Waals surface area contributed by atoms with Crippen molar-refractivity contribution in [2.75, 3.05) is 231 Å². The fraction of sp³-hybridized carbons (Fsp3) is 0.594. The molecule has 3 unspecified atom stereocenters. The summed E-state index contributed by atoms with van der Waals surface area (Å²) in [4.78, 5) is 12.9. The first-order valence-corrected chi connectivity index (χ1v) is 36.6. The average molecular weight is 1420 g/mol. The molecule has 3 N–H and O–H groups in total. The smallest absolute Gasteiger partial charge is 0.305 e. The van der Waals surface area contributed by atoms with Gasteiger partial charge in [-0.05, 0) is 96.3 Å². The Labute approximate surface area is 576 Å². The molecule has 4 aromatic rings. The Kier molecular flexibility index (Phi) is 37.2. The van der Waals surface area contributed by atoms with Crippen molar-refractivity contribution in [3.8, 4) is 0 Å². The second kappa shape index (κ2) is 44.4. The van der Waals surface area contributed by atoms with Crippen molar-refractivity contribution in [3.05, 3.63) is 108 Å². The molecular weight excluding hydrogens is 1320 g/mol. The number of ether oxygens (including phenoxy) is 16. The van der Waals surface area contributed by atoms with Gasteiger partial charge in [0.1, 0.15) is 6.61 Å². The third kappa shape index (κ3) is 26.6. The van der Waals surface area contributed by atoms with Crippen molar-refractivity contribution in [3.63, 3.8) is 0 Å². The third-order valence-corrected chi connectivity index (χ3v) is 18.5. The number of carbonyl (C=O) groups is 1. The predicted octanol–water partition coefficient (Wildman–Crippen LogP) is 7.36. The normalized spacial score (nSPS) is 17.5. The number of methoxy groups -OCH3 is 3. The highest BCUT2D eigenvalue weighted by Crippen LogP contribution is 2.53. The maximum atomic E-state index is 12.8. The van der Waals surface area contributed by atoms with E-state index in [1.807, 2.05) is 48.6 Å². The van der Waals surface area contributed by atoms with Crippen LogP contribution in [0.15, 0.2) is 107 Å². The molecule has 2 heterocycles. The number of aliphatic carboxylic acids is 1. The predicted molar refractivity (Wildman–Crippen MR) is 370 cm³/mol. The van der Waals surface area contributed by atoms with Crippen LogP contribution in [0.1, 0.15) is 44.2 Å². The number of anilines is 1. The minimum atomic E-state index is -4.52.